The summed E-state index contributed by atoms with van der Waals surface area (Å²) in [6.45, 7) is 2.09. The van der Waals surface area contributed by atoms with Crippen molar-refractivity contribution < 1.29 is 19.7 Å². The van der Waals surface area contributed by atoms with Crippen LogP contribution in [0.2, 0.25) is 0 Å². The molecule has 0 spiro atoms. The monoisotopic (exact) mass is 228 g/mol. The summed E-state index contributed by atoms with van der Waals surface area (Å²) in [5, 5.41) is 20.5. The van der Waals surface area contributed by atoms with Crippen molar-refractivity contribution in [1.29, 1.82) is 0 Å². The summed E-state index contributed by atoms with van der Waals surface area (Å²) >= 11 is 0. The first-order valence-corrected chi connectivity index (χ1v) is 6.14. The Balaban J connectivity index is 2.31. The van der Waals surface area contributed by atoms with Gasteiger partial charge in [-0.25, -0.2) is 0 Å². The number of ether oxygens (including phenoxy) is 1. The van der Waals surface area contributed by atoms with Crippen LogP contribution in [0.15, 0.2) is 0 Å². The molecule has 2 aliphatic rings. The van der Waals surface area contributed by atoms with Gasteiger partial charge in [0.05, 0.1) is 18.1 Å². The summed E-state index contributed by atoms with van der Waals surface area (Å²) in [6.07, 6.45) is 3.20. The van der Waals surface area contributed by atoms with Crippen LogP contribution in [0.1, 0.15) is 45.4 Å². The van der Waals surface area contributed by atoms with Crippen LogP contribution >= 0.6 is 0 Å². The summed E-state index contributed by atoms with van der Waals surface area (Å²) in [4.78, 5) is 12.1. The van der Waals surface area contributed by atoms with Gasteiger partial charge < -0.3 is 14.9 Å². The molecule has 0 saturated heterocycles. The van der Waals surface area contributed by atoms with Crippen molar-refractivity contribution in [1.82, 2.24) is 0 Å². The largest absolute Gasteiger partial charge is 0.465 e. The molecular weight excluding hydrogens is 208 g/mol. The molecule has 0 bridgehead atoms. The number of aliphatic hydroxyl groups is 2. The SMILES string of the molecule is CCOC(=O)[C@]12CCCC[C@]1(O)[C@@H](O)CC2. The highest BCUT2D eigenvalue weighted by atomic mass is 16.5. The third kappa shape index (κ3) is 1.39. The average molecular weight is 228 g/mol. The maximum Gasteiger partial charge on any atom is 0.315 e. The smallest absolute Gasteiger partial charge is 0.315 e. The molecule has 3 atom stereocenters. The van der Waals surface area contributed by atoms with Crippen molar-refractivity contribution in [2.45, 2.75) is 57.2 Å². The average Bonchev–Trinajstić information content (AvgIpc) is 2.54. The van der Waals surface area contributed by atoms with Gasteiger partial charge in [0.1, 0.15) is 5.60 Å². The van der Waals surface area contributed by atoms with Crippen LogP contribution in [-0.2, 0) is 9.53 Å². The Morgan fingerprint density at radius 1 is 1.38 bits per heavy atom. The highest BCUT2D eigenvalue weighted by Gasteiger charge is 2.64. The van der Waals surface area contributed by atoms with Gasteiger partial charge in [0.2, 0.25) is 0 Å². The third-order valence-electron chi connectivity index (χ3n) is 4.30. The topological polar surface area (TPSA) is 66.8 Å². The van der Waals surface area contributed by atoms with Gasteiger partial charge >= 0.3 is 5.97 Å². The maximum atomic E-state index is 12.1. The molecule has 4 nitrogen and oxygen atoms in total. The van der Waals surface area contributed by atoms with Gasteiger partial charge in [0.25, 0.3) is 0 Å². The standard InChI is InChI=1S/C12H20O4/c1-2-16-10(14)11-6-3-4-7-12(11,15)9(13)5-8-11/h9,13,15H,2-8H2,1H3/t9-,11+,12-/m0/s1. The molecule has 2 N–H and O–H groups in total. The summed E-state index contributed by atoms with van der Waals surface area (Å²) in [5.41, 5.74) is -2.10. The van der Waals surface area contributed by atoms with Crippen LogP contribution in [0.5, 0.6) is 0 Å². The Morgan fingerprint density at radius 3 is 2.75 bits per heavy atom. The highest BCUT2D eigenvalue weighted by Crippen LogP contribution is 2.55. The number of fused-ring (bicyclic) bond motifs is 1. The zero-order valence-corrected chi connectivity index (χ0v) is 9.74. The number of aliphatic hydroxyl groups excluding tert-OH is 1. The van der Waals surface area contributed by atoms with Crippen LogP contribution < -0.4 is 0 Å². The van der Waals surface area contributed by atoms with E-state index in [1.807, 2.05) is 0 Å². The molecule has 0 aromatic heterocycles. The van der Waals surface area contributed by atoms with Crippen molar-refractivity contribution in [2.75, 3.05) is 6.61 Å². The van der Waals surface area contributed by atoms with Gasteiger partial charge in [0.15, 0.2) is 0 Å². The number of hydrogen-bond acceptors (Lipinski definition) is 4. The van der Waals surface area contributed by atoms with E-state index in [0.29, 0.717) is 32.3 Å². The lowest BCUT2D eigenvalue weighted by Gasteiger charge is -2.45. The van der Waals surface area contributed by atoms with E-state index in [9.17, 15) is 15.0 Å². The van der Waals surface area contributed by atoms with Crippen LogP contribution in [0.4, 0.5) is 0 Å². The lowest BCUT2D eigenvalue weighted by atomic mass is 9.64. The second-order valence-electron chi connectivity index (χ2n) is 4.99. The van der Waals surface area contributed by atoms with E-state index in [1.54, 1.807) is 6.92 Å². The van der Waals surface area contributed by atoms with E-state index in [2.05, 4.69) is 0 Å². The second-order valence-corrected chi connectivity index (χ2v) is 4.99. The first-order chi connectivity index (χ1) is 7.57. The summed E-state index contributed by atoms with van der Waals surface area (Å²) in [7, 11) is 0. The number of carbonyl (C=O) groups excluding carboxylic acids is 1. The maximum absolute atomic E-state index is 12.1. The normalized spacial score (nSPS) is 42.8. The molecule has 0 unspecified atom stereocenters. The third-order valence-corrected chi connectivity index (χ3v) is 4.30. The highest BCUT2D eigenvalue weighted by molar-refractivity contribution is 5.79. The van der Waals surface area contributed by atoms with E-state index in [4.69, 9.17) is 4.74 Å². The van der Waals surface area contributed by atoms with Crippen LogP contribution in [0.25, 0.3) is 0 Å². The molecule has 2 aliphatic carbocycles. The Hall–Kier alpha value is -0.610. The predicted octanol–water partition coefficient (Wildman–Crippen LogP) is 0.996. The molecule has 0 amide bonds. The van der Waals surface area contributed by atoms with E-state index < -0.39 is 17.1 Å². The zero-order chi connectivity index (χ0) is 11.8. The van der Waals surface area contributed by atoms with E-state index in [-0.39, 0.29) is 5.97 Å². The van der Waals surface area contributed by atoms with E-state index in [1.165, 1.54) is 0 Å². The first-order valence-electron chi connectivity index (χ1n) is 6.14. The van der Waals surface area contributed by atoms with Crippen molar-refractivity contribution in [3.63, 3.8) is 0 Å². The predicted molar refractivity (Wildman–Crippen MR) is 57.7 cm³/mol. The quantitative estimate of drug-likeness (QED) is 0.692. The molecule has 0 aliphatic heterocycles. The second kappa shape index (κ2) is 4.00. The fourth-order valence-electron chi connectivity index (χ4n) is 3.38. The van der Waals surface area contributed by atoms with E-state index in [0.717, 1.165) is 12.8 Å². The molecule has 0 radical (unpaired) electrons. The molecule has 2 saturated carbocycles. The lowest BCUT2D eigenvalue weighted by Crippen LogP contribution is -2.57. The van der Waals surface area contributed by atoms with Gasteiger partial charge in [-0.05, 0) is 32.6 Å². The zero-order valence-electron chi connectivity index (χ0n) is 9.74. The van der Waals surface area contributed by atoms with Crippen LogP contribution in [0, 0.1) is 5.41 Å². The van der Waals surface area contributed by atoms with Gasteiger partial charge in [0, 0.05) is 0 Å². The summed E-state index contributed by atoms with van der Waals surface area (Å²) < 4.78 is 5.09. The molecule has 0 heterocycles. The van der Waals surface area contributed by atoms with Crippen LogP contribution in [-0.4, -0.2) is 34.5 Å². The summed E-state index contributed by atoms with van der Waals surface area (Å²) in [5.74, 6) is -0.325. The van der Waals surface area contributed by atoms with Crippen molar-refractivity contribution in [3.8, 4) is 0 Å². The number of esters is 1. The van der Waals surface area contributed by atoms with Gasteiger partial charge in [-0.2, -0.15) is 0 Å². The molecule has 0 aromatic carbocycles. The van der Waals surface area contributed by atoms with E-state index >= 15 is 0 Å². The van der Waals surface area contributed by atoms with Crippen molar-refractivity contribution in [2.24, 2.45) is 5.41 Å². The Labute approximate surface area is 95.6 Å². The Bertz CT molecular complexity index is 287. The number of carbonyl (C=O) groups is 1. The molecular formula is C12H20O4. The Kier molecular flexibility index (Phi) is 2.97. The number of hydrogen-bond donors (Lipinski definition) is 2. The van der Waals surface area contributed by atoms with Crippen LogP contribution in [0.3, 0.4) is 0 Å². The van der Waals surface area contributed by atoms with Crippen molar-refractivity contribution in [3.05, 3.63) is 0 Å². The minimum Gasteiger partial charge on any atom is -0.465 e. The molecule has 2 rings (SSSR count). The minimum atomic E-state index is -1.25. The fraction of sp³-hybridized carbons (Fsp3) is 0.917. The van der Waals surface area contributed by atoms with Gasteiger partial charge in [-0.1, -0.05) is 12.8 Å². The molecule has 0 aromatic rings. The minimum absolute atomic E-state index is 0.325. The molecule has 4 heteroatoms. The molecule has 92 valence electrons. The lowest BCUT2D eigenvalue weighted by molar-refractivity contribution is -0.189. The Morgan fingerprint density at radius 2 is 2.06 bits per heavy atom. The fourth-order valence-corrected chi connectivity index (χ4v) is 3.38. The van der Waals surface area contributed by atoms with Gasteiger partial charge in [-0.15, -0.1) is 0 Å². The van der Waals surface area contributed by atoms with Gasteiger partial charge in [-0.3, -0.25) is 4.79 Å². The number of rotatable bonds is 2. The molecule has 2 fully saturated rings. The molecule has 16 heavy (non-hydrogen) atoms. The summed E-state index contributed by atoms with van der Waals surface area (Å²) in [6, 6.07) is 0. The first kappa shape index (κ1) is 11.9. The van der Waals surface area contributed by atoms with Crippen molar-refractivity contribution >= 4 is 5.97 Å².